The Balaban J connectivity index is 0.862. The molecule has 3 aliphatic heterocycles. The minimum absolute atomic E-state index is 0.170. The molecule has 6 aromatic rings. The fraction of sp³-hybridized carbons (Fsp3) is 0.160. The van der Waals surface area contributed by atoms with Crippen molar-refractivity contribution in [1.82, 2.24) is 4.90 Å². The third kappa shape index (κ3) is 6.64. The summed E-state index contributed by atoms with van der Waals surface area (Å²) in [5.41, 5.74) is 4.71. The minimum atomic E-state index is -0.554. The first-order valence-corrected chi connectivity index (χ1v) is 20.0. The van der Waals surface area contributed by atoms with Crippen molar-refractivity contribution in [2.45, 2.75) is 46.0 Å². The normalized spacial score (nSPS) is 14.5. The molecule has 11 heteroatoms. The van der Waals surface area contributed by atoms with Crippen LogP contribution in [-0.4, -0.2) is 46.9 Å². The number of benzene rings is 6. The molecular formula is C50H39N3O8. The Morgan fingerprint density at radius 1 is 0.459 bits per heavy atom. The number of hydrogen-bond donors (Lipinski definition) is 0. The highest BCUT2D eigenvalue weighted by Crippen LogP contribution is 2.38. The maximum Gasteiger partial charge on any atom is 0.266 e. The van der Waals surface area contributed by atoms with Crippen molar-refractivity contribution in [2.24, 2.45) is 0 Å². The molecule has 6 amide bonds. The van der Waals surface area contributed by atoms with Crippen LogP contribution < -0.4 is 19.3 Å². The van der Waals surface area contributed by atoms with Crippen LogP contribution in [0.15, 0.2) is 127 Å². The summed E-state index contributed by atoms with van der Waals surface area (Å²) < 4.78 is 12.3. The number of carbonyl (C=O) groups is 6. The van der Waals surface area contributed by atoms with Crippen LogP contribution >= 0.6 is 0 Å². The number of imide groups is 3. The summed E-state index contributed by atoms with van der Waals surface area (Å²) in [7, 11) is 0. The molecule has 0 radical (unpaired) electrons. The minimum Gasteiger partial charge on any atom is -0.457 e. The SMILES string of the molecule is CCCCN1C(=O)c2ccc(Oc3ccc(C(C)(C)c4ccc(Oc5ccc6c(c5)C(=O)N(c5cccc(N7C(=O)c8ccc(C)cc8C7=O)c5)C6=O)cc4)cc3)cc2C1=O. The Labute approximate surface area is 351 Å². The first kappa shape index (κ1) is 38.8. The van der Waals surface area contributed by atoms with Gasteiger partial charge in [0.2, 0.25) is 0 Å². The van der Waals surface area contributed by atoms with Gasteiger partial charge in [-0.15, -0.1) is 0 Å². The van der Waals surface area contributed by atoms with Gasteiger partial charge in [0.1, 0.15) is 23.0 Å². The number of nitrogens with zero attached hydrogens (tertiary/aromatic N) is 3. The molecule has 0 saturated heterocycles. The molecule has 0 atom stereocenters. The van der Waals surface area contributed by atoms with Gasteiger partial charge in [0, 0.05) is 12.0 Å². The first-order chi connectivity index (χ1) is 29.3. The second kappa shape index (κ2) is 14.9. The lowest BCUT2D eigenvalue weighted by Gasteiger charge is -2.26. The van der Waals surface area contributed by atoms with E-state index in [1.165, 1.54) is 17.0 Å². The highest BCUT2D eigenvalue weighted by molar-refractivity contribution is 6.36. The van der Waals surface area contributed by atoms with E-state index in [0.29, 0.717) is 51.8 Å². The maximum absolute atomic E-state index is 13.8. The number of anilines is 2. The zero-order chi connectivity index (χ0) is 42.7. The van der Waals surface area contributed by atoms with Gasteiger partial charge >= 0.3 is 0 Å². The van der Waals surface area contributed by atoms with Crippen LogP contribution in [0, 0.1) is 6.92 Å². The summed E-state index contributed by atoms with van der Waals surface area (Å²) in [6.45, 7) is 8.47. The number of hydrogen-bond acceptors (Lipinski definition) is 8. The molecule has 0 N–H and O–H groups in total. The molecule has 9 rings (SSSR count). The molecule has 0 unspecified atom stereocenters. The van der Waals surface area contributed by atoms with Gasteiger partial charge < -0.3 is 9.47 Å². The van der Waals surface area contributed by atoms with Crippen LogP contribution in [0.5, 0.6) is 23.0 Å². The summed E-state index contributed by atoms with van der Waals surface area (Å²) in [5, 5.41) is 0. The number of amides is 6. The summed E-state index contributed by atoms with van der Waals surface area (Å²) in [6.07, 6.45) is 1.64. The van der Waals surface area contributed by atoms with E-state index in [-0.39, 0.29) is 34.3 Å². The van der Waals surface area contributed by atoms with Crippen molar-refractivity contribution in [3.05, 3.63) is 177 Å². The number of unbranched alkanes of at least 4 members (excludes halogenated alkanes) is 1. The van der Waals surface area contributed by atoms with Gasteiger partial charge in [0.15, 0.2) is 0 Å². The van der Waals surface area contributed by atoms with Gasteiger partial charge in [-0.2, -0.15) is 0 Å². The van der Waals surface area contributed by atoms with Crippen LogP contribution in [0.25, 0.3) is 0 Å². The van der Waals surface area contributed by atoms with Crippen LogP contribution in [0.3, 0.4) is 0 Å². The molecule has 0 fully saturated rings. The summed E-state index contributed by atoms with van der Waals surface area (Å²) in [6, 6.07) is 36.4. The van der Waals surface area contributed by atoms with E-state index in [2.05, 4.69) is 13.8 Å². The Morgan fingerprint density at radius 2 is 0.869 bits per heavy atom. The van der Waals surface area contributed by atoms with Crippen molar-refractivity contribution in [3.8, 4) is 23.0 Å². The van der Waals surface area contributed by atoms with E-state index < -0.39 is 29.0 Å². The maximum atomic E-state index is 13.8. The molecule has 3 aliphatic rings. The van der Waals surface area contributed by atoms with Gasteiger partial charge in [-0.25, -0.2) is 9.80 Å². The van der Waals surface area contributed by atoms with Crippen LogP contribution in [0.4, 0.5) is 11.4 Å². The van der Waals surface area contributed by atoms with E-state index >= 15 is 0 Å². The lowest BCUT2D eigenvalue weighted by Crippen LogP contribution is -2.31. The van der Waals surface area contributed by atoms with Crippen molar-refractivity contribution in [2.75, 3.05) is 16.3 Å². The molecule has 6 aromatic carbocycles. The average molecular weight is 810 g/mol. The molecule has 0 spiro atoms. The number of fused-ring (bicyclic) bond motifs is 3. The van der Waals surface area contributed by atoms with Crippen LogP contribution in [0.1, 0.15) is 112 Å². The lowest BCUT2D eigenvalue weighted by atomic mass is 9.78. The molecule has 0 aromatic heterocycles. The summed E-state index contributed by atoms with van der Waals surface area (Å²) in [5.74, 6) is -0.624. The van der Waals surface area contributed by atoms with Crippen LogP contribution in [0.2, 0.25) is 0 Å². The fourth-order valence-electron chi connectivity index (χ4n) is 8.05. The summed E-state index contributed by atoms with van der Waals surface area (Å²) in [4.78, 5) is 82.9. The molecule has 3 heterocycles. The van der Waals surface area contributed by atoms with Crippen molar-refractivity contribution in [1.29, 1.82) is 0 Å². The van der Waals surface area contributed by atoms with Gasteiger partial charge in [0.05, 0.1) is 44.8 Å². The Morgan fingerprint density at radius 3 is 1.38 bits per heavy atom. The molecule has 11 nitrogen and oxygen atoms in total. The van der Waals surface area contributed by atoms with Gasteiger partial charge in [0.25, 0.3) is 35.4 Å². The third-order valence-corrected chi connectivity index (χ3v) is 11.5. The Hall–Kier alpha value is -7.66. The van der Waals surface area contributed by atoms with Crippen molar-refractivity contribution < 1.29 is 38.2 Å². The van der Waals surface area contributed by atoms with E-state index in [1.807, 2.05) is 62.4 Å². The molecule has 61 heavy (non-hydrogen) atoms. The molecule has 302 valence electrons. The lowest BCUT2D eigenvalue weighted by molar-refractivity contribution is 0.0650. The molecule has 0 bridgehead atoms. The number of carbonyl (C=O) groups excluding carboxylic acids is 6. The van der Waals surface area contributed by atoms with E-state index in [0.717, 1.165) is 39.3 Å². The smallest absolute Gasteiger partial charge is 0.266 e. The van der Waals surface area contributed by atoms with Gasteiger partial charge in [-0.1, -0.05) is 69.2 Å². The number of aryl methyl sites for hydroxylation is 1. The molecular weight excluding hydrogens is 771 g/mol. The number of ether oxygens (including phenoxy) is 2. The molecule has 0 aliphatic carbocycles. The fourth-order valence-corrected chi connectivity index (χ4v) is 8.05. The van der Waals surface area contributed by atoms with E-state index in [1.54, 1.807) is 66.7 Å². The predicted octanol–water partition coefficient (Wildman–Crippen LogP) is 9.90. The third-order valence-electron chi connectivity index (χ3n) is 11.5. The zero-order valence-corrected chi connectivity index (χ0v) is 33.9. The topological polar surface area (TPSA) is 131 Å². The first-order valence-electron chi connectivity index (χ1n) is 20.0. The highest BCUT2D eigenvalue weighted by atomic mass is 16.5. The second-order valence-corrected chi connectivity index (χ2v) is 15.9. The predicted molar refractivity (Wildman–Crippen MR) is 228 cm³/mol. The molecule has 0 saturated carbocycles. The van der Waals surface area contributed by atoms with Crippen molar-refractivity contribution >= 4 is 46.8 Å². The average Bonchev–Trinajstić information content (AvgIpc) is 3.76. The summed E-state index contributed by atoms with van der Waals surface area (Å²) >= 11 is 0. The van der Waals surface area contributed by atoms with E-state index in [4.69, 9.17) is 9.47 Å². The van der Waals surface area contributed by atoms with Crippen molar-refractivity contribution in [3.63, 3.8) is 0 Å². The van der Waals surface area contributed by atoms with Gasteiger partial charge in [-0.05, 0) is 115 Å². The zero-order valence-electron chi connectivity index (χ0n) is 33.9. The second-order valence-electron chi connectivity index (χ2n) is 15.9. The standard InChI is InChI=1S/C50H39N3O8/c1-5-6-24-51-44(54)38-22-19-36(27-42(38)45(51)55)60-34-15-11-30(12-16-34)50(3,4)31-13-17-35(18-14-31)61-37-20-23-40-43(28-37)49(59)53(47(40)57)33-9-7-8-32(26-33)52-46(56)39-21-10-29(2)25-41(39)48(52)58/h7-23,25-28H,5-6,24H2,1-4H3. The quantitative estimate of drug-likeness (QED) is 0.118. The Bertz CT molecular complexity index is 2860. The number of rotatable bonds is 11. The monoisotopic (exact) mass is 809 g/mol. The van der Waals surface area contributed by atoms with Crippen LogP contribution in [-0.2, 0) is 5.41 Å². The Kier molecular flexibility index (Phi) is 9.46. The van der Waals surface area contributed by atoms with E-state index in [9.17, 15) is 28.8 Å². The largest absolute Gasteiger partial charge is 0.457 e. The van der Waals surface area contributed by atoms with Gasteiger partial charge in [-0.3, -0.25) is 33.7 Å². The highest BCUT2D eigenvalue weighted by Gasteiger charge is 2.40.